The van der Waals surface area contributed by atoms with E-state index in [1.54, 1.807) is 6.07 Å². The third-order valence-electron chi connectivity index (χ3n) is 5.88. The molecule has 0 bridgehead atoms. The number of piperidine rings is 1. The number of aliphatic carboxylic acids is 1. The van der Waals surface area contributed by atoms with Gasteiger partial charge in [0.05, 0.1) is 13.1 Å². The van der Waals surface area contributed by atoms with Gasteiger partial charge < -0.3 is 10.0 Å². The van der Waals surface area contributed by atoms with Gasteiger partial charge >= 0.3 is 5.97 Å². The zero-order valence-corrected chi connectivity index (χ0v) is 17.1. The van der Waals surface area contributed by atoms with Crippen molar-refractivity contribution >= 4 is 23.7 Å². The smallest absolute Gasteiger partial charge is 0.317 e. The number of carbonyl (C=O) groups is 4. The standard InChI is InChI=1S/C22H24N4O5/c27-19-6-5-18(21(30)23-19)26-13-16-12-15(3-4-17(16)22(26)31)2-1-7-24-8-10-25(11-9-24)14-20(28)29/h3-4,12,18H,5-11,13-14H2,(H,28,29)(H,23,27,30). The monoisotopic (exact) mass is 424 g/mol. The van der Waals surface area contributed by atoms with Crippen molar-refractivity contribution in [2.24, 2.45) is 0 Å². The Labute approximate surface area is 180 Å². The second-order valence-corrected chi connectivity index (χ2v) is 8.02. The van der Waals surface area contributed by atoms with E-state index in [0.717, 1.165) is 24.2 Å². The Morgan fingerprint density at radius 3 is 2.58 bits per heavy atom. The van der Waals surface area contributed by atoms with Crippen LogP contribution in [0.15, 0.2) is 18.2 Å². The molecule has 1 aromatic rings. The minimum Gasteiger partial charge on any atom is -0.480 e. The van der Waals surface area contributed by atoms with Gasteiger partial charge in [-0.1, -0.05) is 11.8 Å². The van der Waals surface area contributed by atoms with Gasteiger partial charge in [0, 0.05) is 50.3 Å². The van der Waals surface area contributed by atoms with Gasteiger partial charge in [-0.05, 0) is 30.2 Å². The van der Waals surface area contributed by atoms with Gasteiger partial charge in [0.15, 0.2) is 0 Å². The van der Waals surface area contributed by atoms with E-state index in [1.165, 1.54) is 4.90 Å². The van der Waals surface area contributed by atoms with E-state index >= 15 is 0 Å². The summed E-state index contributed by atoms with van der Waals surface area (Å²) in [7, 11) is 0. The molecule has 3 aliphatic heterocycles. The lowest BCUT2D eigenvalue weighted by Crippen LogP contribution is -2.52. The van der Waals surface area contributed by atoms with Crippen LogP contribution in [0.25, 0.3) is 0 Å². The molecule has 1 atom stereocenters. The Morgan fingerprint density at radius 2 is 1.87 bits per heavy atom. The first-order chi connectivity index (χ1) is 14.9. The minimum atomic E-state index is -0.806. The number of piperazine rings is 1. The molecule has 3 heterocycles. The average molecular weight is 424 g/mol. The second-order valence-electron chi connectivity index (χ2n) is 8.02. The molecule has 0 spiro atoms. The Kier molecular flexibility index (Phi) is 6.02. The zero-order valence-electron chi connectivity index (χ0n) is 17.1. The van der Waals surface area contributed by atoms with Crippen LogP contribution in [0.2, 0.25) is 0 Å². The summed E-state index contributed by atoms with van der Waals surface area (Å²) in [5, 5.41) is 11.2. The summed E-state index contributed by atoms with van der Waals surface area (Å²) < 4.78 is 0. The van der Waals surface area contributed by atoms with Crippen LogP contribution >= 0.6 is 0 Å². The molecule has 2 saturated heterocycles. The first-order valence-corrected chi connectivity index (χ1v) is 10.3. The summed E-state index contributed by atoms with van der Waals surface area (Å²) in [6.07, 6.45) is 0.578. The highest BCUT2D eigenvalue weighted by Gasteiger charge is 2.39. The number of hydrogen-bond donors (Lipinski definition) is 2. The summed E-state index contributed by atoms with van der Waals surface area (Å²) >= 11 is 0. The summed E-state index contributed by atoms with van der Waals surface area (Å²) in [5.74, 6) is 4.58. The topological polar surface area (TPSA) is 110 Å². The molecule has 3 aliphatic rings. The lowest BCUT2D eigenvalue weighted by atomic mass is 10.0. The molecule has 0 aromatic heterocycles. The molecule has 0 saturated carbocycles. The quantitative estimate of drug-likeness (QED) is 0.495. The molecule has 9 nitrogen and oxygen atoms in total. The van der Waals surface area contributed by atoms with Gasteiger partial charge in [-0.15, -0.1) is 0 Å². The van der Waals surface area contributed by atoms with Crippen molar-refractivity contribution in [3.8, 4) is 11.8 Å². The van der Waals surface area contributed by atoms with Crippen LogP contribution in [-0.2, 0) is 20.9 Å². The van der Waals surface area contributed by atoms with Crippen molar-refractivity contribution in [2.75, 3.05) is 39.3 Å². The van der Waals surface area contributed by atoms with Gasteiger partial charge in [0.25, 0.3) is 5.91 Å². The molecular formula is C22H24N4O5. The number of benzene rings is 1. The molecule has 0 aliphatic carbocycles. The fourth-order valence-corrected chi connectivity index (χ4v) is 4.20. The lowest BCUT2D eigenvalue weighted by molar-refractivity contribution is -0.139. The maximum atomic E-state index is 12.7. The van der Waals surface area contributed by atoms with E-state index in [9.17, 15) is 19.2 Å². The van der Waals surface area contributed by atoms with Gasteiger partial charge in [-0.25, -0.2) is 0 Å². The molecule has 2 fully saturated rings. The van der Waals surface area contributed by atoms with Crippen molar-refractivity contribution in [3.63, 3.8) is 0 Å². The SMILES string of the molecule is O=C(O)CN1CCN(CC#Cc2ccc3c(c2)CN(C2CCC(=O)NC2=O)C3=O)CC1. The largest absolute Gasteiger partial charge is 0.480 e. The van der Waals surface area contributed by atoms with Gasteiger partial charge in [-0.2, -0.15) is 0 Å². The van der Waals surface area contributed by atoms with Crippen molar-refractivity contribution in [3.05, 3.63) is 34.9 Å². The number of fused-ring (bicyclic) bond motifs is 1. The normalized spacial score (nSPS) is 22.0. The number of amides is 3. The molecule has 1 aromatic carbocycles. The van der Waals surface area contributed by atoms with E-state index in [-0.39, 0.29) is 24.8 Å². The third kappa shape index (κ3) is 4.76. The maximum absolute atomic E-state index is 12.7. The first kappa shape index (κ1) is 21.0. The fourth-order valence-electron chi connectivity index (χ4n) is 4.20. The molecular weight excluding hydrogens is 400 g/mol. The number of nitrogens with zero attached hydrogens (tertiary/aromatic N) is 3. The van der Waals surface area contributed by atoms with Gasteiger partial charge in [0.2, 0.25) is 11.8 Å². The third-order valence-corrected chi connectivity index (χ3v) is 5.88. The Hall–Kier alpha value is -3.22. The predicted octanol–water partition coefficient (Wildman–Crippen LogP) is -0.499. The summed E-state index contributed by atoms with van der Waals surface area (Å²) in [4.78, 5) is 52.6. The van der Waals surface area contributed by atoms with Crippen LogP contribution in [0.4, 0.5) is 0 Å². The molecule has 4 rings (SSSR count). The van der Waals surface area contributed by atoms with Crippen molar-refractivity contribution in [2.45, 2.75) is 25.4 Å². The number of rotatable bonds is 4. The van der Waals surface area contributed by atoms with Crippen LogP contribution in [0.3, 0.4) is 0 Å². The zero-order chi connectivity index (χ0) is 22.0. The Morgan fingerprint density at radius 1 is 1.13 bits per heavy atom. The van der Waals surface area contributed by atoms with E-state index in [4.69, 9.17) is 5.11 Å². The van der Waals surface area contributed by atoms with Crippen molar-refractivity contribution in [1.82, 2.24) is 20.0 Å². The summed E-state index contributed by atoms with van der Waals surface area (Å²) in [5.41, 5.74) is 2.22. The molecule has 0 radical (unpaired) electrons. The fraction of sp³-hybridized carbons (Fsp3) is 0.455. The molecule has 2 N–H and O–H groups in total. The molecule has 31 heavy (non-hydrogen) atoms. The second kappa shape index (κ2) is 8.88. The number of carboxylic acids is 1. The highest BCUT2D eigenvalue weighted by Crippen LogP contribution is 2.28. The van der Waals surface area contributed by atoms with E-state index < -0.39 is 17.9 Å². The molecule has 9 heteroatoms. The van der Waals surface area contributed by atoms with Gasteiger partial charge in [0.1, 0.15) is 6.04 Å². The van der Waals surface area contributed by atoms with Crippen LogP contribution in [0.1, 0.15) is 34.3 Å². The van der Waals surface area contributed by atoms with E-state index in [2.05, 4.69) is 22.1 Å². The van der Waals surface area contributed by atoms with Crippen LogP contribution < -0.4 is 5.32 Å². The van der Waals surface area contributed by atoms with Crippen molar-refractivity contribution in [1.29, 1.82) is 0 Å². The highest BCUT2D eigenvalue weighted by atomic mass is 16.4. The maximum Gasteiger partial charge on any atom is 0.317 e. The van der Waals surface area contributed by atoms with Crippen molar-refractivity contribution < 1.29 is 24.3 Å². The Balaban J connectivity index is 1.35. The number of nitrogens with one attached hydrogen (secondary N) is 1. The lowest BCUT2D eigenvalue weighted by Gasteiger charge is -2.32. The first-order valence-electron chi connectivity index (χ1n) is 10.3. The summed E-state index contributed by atoms with van der Waals surface area (Å²) in [6, 6.07) is 4.82. The highest BCUT2D eigenvalue weighted by molar-refractivity contribution is 6.05. The van der Waals surface area contributed by atoms with Crippen LogP contribution in [0, 0.1) is 11.8 Å². The molecule has 3 amide bonds. The predicted molar refractivity (Wildman–Crippen MR) is 110 cm³/mol. The van der Waals surface area contributed by atoms with Gasteiger partial charge in [-0.3, -0.25) is 34.3 Å². The van der Waals surface area contributed by atoms with E-state index in [1.807, 2.05) is 17.0 Å². The van der Waals surface area contributed by atoms with Crippen LogP contribution in [-0.4, -0.2) is 88.8 Å². The Bertz CT molecular complexity index is 987. The molecule has 1 unspecified atom stereocenters. The number of hydrogen-bond acceptors (Lipinski definition) is 6. The number of imide groups is 1. The van der Waals surface area contributed by atoms with Crippen LogP contribution in [0.5, 0.6) is 0 Å². The number of carboxylic acid groups (broad SMARTS) is 1. The average Bonchev–Trinajstić information content (AvgIpc) is 3.05. The summed E-state index contributed by atoms with van der Waals surface area (Å²) in [6.45, 7) is 3.99. The molecule has 162 valence electrons. The minimum absolute atomic E-state index is 0.0726. The van der Waals surface area contributed by atoms with E-state index in [0.29, 0.717) is 38.2 Å². The number of carbonyl (C=O) groups excluding carboxylic acids is 3.